The summed E-state index contributed by atoms with van der Waals surface area (Å²) in [7, 11) is -3.84. The van der Waals surface area contributed by atoms with Crippen LogP contribution in [0.2, 0.25) is 0 Å². The maximum absolute atomic E-state index is 12.7. The van der Waals surface area contributed by atoms with Crippen LogP contribution in [0.15, 0.2) is 59.8 Å². The monoisotopic (exact) mass is 500 g/mol. The number of piperazine rings is 1. The number of furan rings is 1. The molecule has 1 fully saturated rings. The van der Waals surface area contributed by atoms with Crippen LogP contribution in [0, 0.1) is 0 Å². The number of nitrogens with zero attached hydrogens (tertiary/aromatic N) is 6. The molecule has 0 bridgehead atoms. The number of hydroxylamine groups is 2. The molecule has 0 aromatic carbocycles. The molecular weight excluding hydrogens is 472 g/mol. The predicted octanol–water partition coefficient (Wildman–Crippen LogP) is 1.82. The van der Waals surface area contributed by atoms with Crippen molar-refractivity contribution in [3.05, 3.63) is 61.2 Å². The lowest BCUT2D eigenvalue weighted by Gasteiger charge is -2.34. The summed E-state index contributed by atoms with van der Waals surface area (Å²) in [5.41, 5.74) is 1.87. The normalized spacial score (nSPS) is 14.7. The SMILES string of the molecule is O=C(CS(=O)(=O)N1CCN(c2ccc(-c3ccoc3)cn2)CC1)N(O)CCCCc1ncccn1. The Hall–Kier alpha value is -3.35. The van der Waals surface area contributed by atoms with Crippen LogP contribution in [-0.4, -0.2) is 82.3 Å². The Kier molecular flexibility index (Phi) is 8.06. The van der Waals surface area contributed by atoms with Gasteiger partial charge in [-0.25, -0.2) is 28.4 Å². The van der Waals surface area contributed by atoms with E-state index in [1.54, 1.807) is 37.2 Å². The van der Waals surface area contributed by atoms with Crippen molar-refractivity contribution >= 4 is 21.7 Å². The molecule has 1 aliphatic rings. The van der Waals surface area contributed by atoms with Gasteiger partial charge in [0.15, 0.2) is 0 Å². The highest BCUT2D eigenvalue weighted by atomic mass is 32.2. The number of pyridine rings is 1. The second-order valence-electron chi connectivity index (χ2n) is 8.20. The first-order chi connectivity index (χ1) is 16.9. The number of anilines is 1. The average molecular weight is 501 g/mol. The number of carbonyl (C=O) groups is 1. The van der Waals surface area contributed by atoms with Crippen molar-refractivity contribution < 1.29 is 22.8 Å². The van der Waals surface area contributed by atoms with Gasteiger partial charge < -0.3 is 9.32 Å². The van der Waals surface area contributed by atoms with Gasteiger partial charge in [0.1, 0.15) is 17.4 Å². The number of rotatable bonds is 10. The van der Waals surface area contributed by atoms with Gasteiger partial charge >= 0.3 is 0 Å². The molecule has 35 heavy (non-hydrogen) atoms. The molecule has 0 unspecified atom stereocenters. The molecule has 1 saturated heterocycles. The lowest BCUT2D eigenvalue weighted by atomic mass is 10.1. The van der Waals surface area contributed by atoms with Crippen molar-refractivity contribution in [3.8, 4) is 11.1 Å². The summed E-state index contributed by atoms with van der Waals surface area (Å²) in [5.74, 6) is -0.148. The third-order valence-corrected chi connectivity index (χ3v) is 7.56. The van der Waals surface area contributed by atoms with Gasteiger partial charge in [0.25, 0.3) is 5.91 Å². The fourth-order valence-electron chi connectivity index (χ4n) is 3.82. The van der Waals surface area contributed by atoms with Crippen LogP contribution in [0.25, 0.3) is 11.1 Å². The minimum atomic E-state index is -3.84. The second kappa shape index (κ2) is 11.4. The van der Waals surface area contributed by atoms with Gasteiger partial charge in [-0.1, -0.05) is 0 Å². The van der Waals surface area contributed by atoms with E-state index in [-0.39, 0.29) is 19.6 Å². The molecule has 1 aliphatic heterocycles. The Morgan fingerprint density at radius 1 is 1.03 bits per heavy atom. The summed E-state index contributed by atoms with van der Waals surface area (Å²) in [6, 6.07) is 7.42. The highest BCUT2D eigenvalue weighted by Gasteiger charge is 2.30. The zero-order chi connectivity index (χ0) is 24.7. The van der Waals surface area contributed by atoms with Crippen molar-refractivity contribution in [1.29, 1.82) is 0 Å². The van der Waals surface area contributed by atoms with Crippen LogP contribution < -0.4 is 4.90 Å². The zero-order valence-corrected chi connectivity index (χ0v) is 20.0. The summed E-state index contributed by atoms with van der Waals surface area (Å²) < 4.78 is 31.9. The first-order valence-electron chi connectivity index (χ1n) is 11.4. The summed E-state index contributed by atoms with van der Waals surface area (Å²) in [4.78, 5) is 27.0. The van der Waals surface area contributed by atoms with Crippen LogP contribution in [-0.2, 0) is 21.2 Å². The molecule has 1 N–H and O–H groups in total. The molecule has 0 radical (unpaired) electrons. The Morgan fingerprint density at radius 2 is 1.80 bits per heavy atom. The fourth-order valence-corrected chi connectivity index (χ4v) is 5.18. The minimum absolute atomic E-state index is 0.0510. The van der Waals surface area contributed by atoms with Crippen LogP contribution in [0.1, 0.15) is 18.7 Å². The van der Waals surface area contributed by atoms with Crippen molar-refractivity contribution in [3.63, 3.8) is 0 Å². The maximum Gasteiger partial charge on any atom is 0.262 e. The first kappa shape index (κ1) is 24.8. The number of aromatic nitrogens is 3. The van der Waals surface area contributed by atoms with Gasteiger partial charge in [-0.05, 0) is 37.1 Å². The van der Waals surface area contributed by atoms with E-state index in [4.69, 9.17) is 4.42 Å². The van der Waals surface area contributed by atoms with Gasteiger partial charge in [-0.3, -0.25) is 10.0 Å². The van der Waals surface area contributed by atoms with E-state index in [9.17, 15) is 18.4 Å². The van der Waals surface area contributed by atoms with Crippen LogP contribution >= 0.6 is 0 Å². The zero-order valence-electron chi connectivity index (χ0n) is 19.2. The van der Waals surface area contributed by atoms with Crippen LogP contribution in [0.5, 0.6) is 0 Å². The number of carbonyl (C=O) groups excluding carboxylic acids is 1. The molecule has 4 rings (SSSR count). The fraction of sp³-hybridized carbons (Fsp3) is 0.391. The molecule has 0 spiro atoms. The first-order valence-corrected chi connectivity index (χ1v) is 13.0. The molecular formula is C23H28N6O5S. The van der Waals surface area contributed by atoms with E-state index < -0.39 is 21.7 Å². The predicted molar refractivity (Wildman–Crippen MR) is 128 cm³/mol. The molecule has 1 amide bonds. The molecule has 3 aromatic rings. The highest BCUT2D eigenvalue weighted by molar-refractivity contribution is 7.89. The Labute approximate surface area is 204 Å². The highest BCUT2D eigenvalue weighted by Crippen LogP contribution is 2.22. The van der Waals surface area contributed by atoms with Gasteiger partial charge in [-0.2, -0.15) is 4.31 Å². The number of sulfonamides is 1. The smallest absolute Gasteiger partial charge is 0.262 e. The largest absolute Gasteiger partial charge is 0.472 e. The average Bonchev–Trinajstić information content (AvgIpc) is 3.42. The van der Waals surface area contributed by atoms with Crippen LogP contribution in [0.3, 0.4) is 0 Å². The Balaban J connectivity index is 1.21. The van der Waals surface area contributed by atoms with E-state index in [2.05, 4.69) is 15.0 Å². The lowest BCUT2D eigenvalue weighted by molar-refractivity contribution is -0.162. The van der Waals surface area contributed by atoms with Gasteiger partial charge in [0, 0.05) is 68.9 Å². The lowest BCUT2D eigenvalue weighted by Crippen LogP contribution is -2.51. The van der Waals surface area contributed by atoms with Gasteiger partial charge in [0.2, 0.25) is 10.0 Å². The number of unbranched alkanes of at least 4 members (excludes halogenated alkanes) is 1. The molecule has 4 heterocycles. The van der Waals surface area contributed by atoms with E-state index >= 15 is 0 Å². The Bertz CT molecular complexity index is 1180. The van der Waals surface area contributed by atoms with Crippen molar-refractivity contribution in [1.82, 2.24) is 24.3 Å². The van der Waals surface area contributed by atoms with Crippen molar-refractivity contribution in [2.24, 2.45) is 0 Å². The molecule has 12 heteroatoms. The quantitative estimate of drug-likeness (QED) is 0.251. The standard InChI is InChI=1S/C23H28N6O5S/c30-23(29(31)10-2-1-4-21-24-8-3-9-25-21)18-35(32,33)28-13-11-27(12-14-28)22-6-5-19(16-26-22)20-7-15-34-17-20/h3,5-9,15-17,31H,1-2,4,10-14,18H2. The number of hydrogen-bond donors (Lipinski definition) is 1. The van der Waals surface area contributed by atoms with Crippen molar-refractivity contribution in [2.45, 2.75) is 19.3 Å². The van der Waals surface area contributed by atoms with E-state index in [1.165, 1.54) is 4.31 Å². The van der Waals surface area contributed by atoms with Gasteiger partial charge in [0.05, 0.1) is 12.5 Å². The summed E-state index contributed by atoms with van der Waals surface area (Å²) >= 11 is 0. The van der Waals surface area contributed by atoms with Crippen LogP contribution in [0.4, 0.5) is 5.82 Å². The molecule has 186 valence electrons. The summed E-state index contributed by atoms with van der Waals surface area (Å²) in [6.45, 7) is 1.44. The maximum atomic E-state index is 12.7. The van der Waals surface area contributed by atoms with Gasteiger partial charge in [-0.15, -0.1) is 0 Å². The molecule has 0 aliphatic carbocycles. The Morgan fingerprint density at radius 3 is 2.46 bits per heavy atom. The summed E-state index contributed by atoms with van der Waals surface area (Å²) in [5, 5.41) is 10.5. The summed E-state index contributed by atoms with van der Waals surface area (Å²) in [6.07, 6.45) is 10.1. The number of hydrogen-bond acceptors (Lipinski definition) is 9. The minimum Gasteiger partial charge on any atom is -0.472 e. The van der Waals surface area contributed by atoms with E-state index in [0.717, 1.165) is 16.9 Å². The topological polar surface area (TPSA) is 133 Å². The van der Waals surface area contributed by atoms with E-state index in [0.29, 0.717) is 43.2 Å². The molecule has 0 saturated carbocycles. The third-order valence-electron chi connectivity index (χ3n) is 5.79. The number of aryl methyl sites for hydroxylation is 1. The molecule has 3 aromatic heterocycles. The van der Waals surface area contributed by atoms with Crippen molar-refractivity contribution in [2.75, 3.05) is 43.4 Å². The number of amides is 1. The third kappa shape index (κ3) is 6.62. The van der Waals surface area contributed by atoms with E-state index in [1.807, 2.05) is 23.1 Å². The molecule has 11 nitrogen and oxygen atoms in total. The molecule has 0 atom stereocenters. The second-order valence-corrected chi connectivity index (χ2v) is 10.2.